The van der Waals surface area contributed by atoms with Crippen molar-refractivity contribution < 1.29 is 4.92 Å². The van der Waals surface area contributed by atoms with Crippen LogP contribution in [0.4, 0.5) is 11.4 Å². The van der Waals surface area contributed by atoms with Crippen LogP contribution in [0.15, 0.2) is 16.6 Å². The number of nitro groups is 1. The first-order valence-electron chi connectivity index (χ1n) is 6.83. The fourth-order valence-electron chi connectivity index (χ4n) is 2.77. The minimum absolute atomic E-state index is 0.154. The SMILES string of the molecule is Cc1cc(N2CCC(C)C(CN)C2)c(Br)cc1[N+](=O)[O-]. The molecule has 1 heterocycles. The van der Waals surface area contributed by atoms with Crippen LogP contribution in [0.25, 0.3) is 0 Å². The second kappa shape index (κ2) is 6.10. The van der Waals surface area contributed by atoms with E-state index in [1.807, 2.05) is 6.07 Å². The number of aryl methyl sites for hydroxylation is 1. The Morgan fingerprint density at radius 3 is 2.85 bits per heavy atom. The zero-order valence-corrected chi connectivity index (χ0v) is 13.4. The van der Waals surface area contributed by atoms with Crippen molar-refractivity contribution in [3.63, 3.8) is 0 Å². The minimum atomic E-state index is -0.342. The molecule has 0 spiro atoms. The first-order chi connectivity index (χ1) is 9.43. The fourth-order valence-corrected chi connectivity index (χ4v) is 3.35. The summed E-state index contributed by atoms with van der Waals surface area (Å²) in [6.07, 6.45) is 1.10. The highest BCUT2D eigenvalue weighted by molar-refractivity contribution is 9.10. The largest absolute Gasteiger partial charge is 0.370 e. The van der Waals surface area contributed by atoms with Crippen molar-refractivity contribution in [1.29, 1.82) is 0 Å². The van der Waals surface area contributed by atoms with Crippen LogP contribution >= 0.6 is 15.9 Å². The summed E-state index contributed by atoms with van der Waals surface area (Å²) in [7, 11) is 0. The average Bonchev–Trinajstić information content (AvgIpc) is 2.41. The molecule has 0 bridgehead atoms. The summed E-state index contributed by atoms with van der Waals surface area (Å²) >= 11 is 3.46. The molecule has 2 unspecified atom stereocenters. The molecule has 2 rings (SSSR count). The summed E-state index contributed by atoms with van der Waals surface area (Å²) in [5.41, 5.74) is 7.71. The summed E-state index contributed by atoms with van der Waals surface area (Å²) in [6.45, 7) is 6.58. The van der Waals surface area contributed by atoms with Gasteiger partial charge in [-0.05, 0) is 53.7 Å². The highest BCUT2D eigenvalue weighted by atomic mass is 79.9. The Bertz CT molecular complexity index is 521. The number of rotatable bonds is 3. The lowest BCUT2D eigenvalue weighted by Crippen LogP contribution is -2.42. The molecule has 2 N–H and O–H groups in total. The maximum atomic E-state index is 11.0. The van der Waals surface area contributed by atoms with Crippen LogP contribution in [0, 0.1) is 28.9 Å². The predicted octanol–water partition coefficient (Wildman–Crippen LogP) is 3.09. The molecular formula is C14H20BrN3O2. The number of benzene rings is 1. The number of hydrogen-bond acceptors (Lipinski definition) is 4. The van der Waals surface area contributed by atoms with E-state index >= 15 is 0 Å². The van der Waals surface area contributed by atoms with Gasteiger partial charge in [0, 0.05) is 29.2 Å². The number of piperidine rings is 1. The van der Waals surface area contributed by atoms with Gasteiger partial charge < -0.3 is 10.6 Å². The predicted molar refractivity (Wildman–Crippen MR) is 84.1 cm³/mol. The molecule has 1 saturated heterocycles. The van der Waals surface area contributed by atoms with Gasteiger partial charge in [0.15, 0.2) is 0 Å². The summed E-state index contributed by atoms with van der Waals surface area (Å²) in [5.74, 6) is 1.11. The Kier molecular flexibility index (Phi) is 4.65. The van der Waals surface area contributed by atoms with Crippen LogP contribution in [-0.4, -0.2) is 24.6 Å². The lowest BCUT2D eigenvalue weighted by atomic mass is 9.87. The molecule has 0 saturated carbocycles. The maximum absolute atomic E-state index is 11.0. The molecule has 0 aliphatic carbocycles. The molecule has 0 aromatic heterocycles. The zero-order chi connectivity index (χ0) is 14.9. The second-order valence-electron chi connectivity index (χ2n) is 5.55. The molecule has 6 heteroatoms. The monoisotopic (exact) mass is 341 g/mol. The van der Waals surface area contributed by atoms with Crippen molar-refractivity contribution in [1.82, 2.24) is 0 Å². The Morgan fingerprint density at radius 1 is 1.55 bits per heavy atom. The van der Waals surface area contributed by atoms with E-state index in [-0.39, 0.29) is 10.6 Å². The Morgan fingerprint density at radius 2 is 2.25 bits per heavy atom. The van der Waals surface area contributed by atoms with Gasteiger partial charge in [-0.15, -0.1) is 0 Å². The third-order valence-corrected chi connectivity index (χ3v) is 4.85. The van der Waals surface area contributed by atoms with Crippen molar-refractivity contribution in [2.75, 3.05) is 24.5 Å². The van der Waals surface area contributed by atoms with Gasteiger partial charge in [-0.2, -0.15) is 0 Å². The average molecular weight is 342 g/mol. The Hall–Kier alpha value is -1.14. The van der Waals surface area contributed by atoms with E-state index in [9.17, 15) is 10.1 Å². The third-order valence-electron chi connectivity index (χ3n) is 4.22. The summed E-state index contributed by atoms with van der Waals surface area (Å²) in [4.78, 5) is 12.9. The van der Waals surface area contributed by atoms with Crippen molar-refractivity contribution in [3.05, 3.63) is 32.3 Å². The van der Waals surface area contributed by atoms with Crippen LogP contribution in [0.1, 0.15) is 18.9 Å². The molecule has 0 amide bonds. The molecule has 1 aromatic rings. The third kappa shape index (κ3) is 2.96. The first kappa shape index (κ1) is 15.3. The van der Waals surface area contributed by atoms with Crippen LogP contribution < -0.4 is 10.6 Å². The van der Waals surface area contributed by atoms with E-state index in [1.54, 1.807) is 13.0 Å². The van der Waals surface area contributed by atoms with Crippen LogP contribution in [0.5, 0.6) is 0 Å². The second-order valence-corrected chi connectivity index (χ2v) is 6.41. The highest BCUT2D eigenvalue weighted by Crippen LogP contribution is 2.36. The van der Waals surface area contributed by atoms with E-state index < -0.39 is 0 Å². The lowest BCUT2D eigenvalue weighted by Gasteiger charge is -2.38. The maximum Gasteiger partial charge on any atom is 0.273 e. The molecule has 1 aromatic carbocycles. The van der Waals surface area contributed by atoms with Gasteiger partial charge in [0.05, 0.1) is 10.6 Å². The van der Waals surface area contributed by atoms with E-state index in [0.717, 1.165) is 29.7 Å². The Labute approximate surface area is 127 Å². The quantitative estimate of drug-likeness (QED) is 0.677. The normalized spacial score (nSPS) is 22.9. The lowest BCUT2D eigenvalue weighted by molar-refractivity contribution is -0.385. The summed E-state index contributed by atoms with van der Waals surface area (Å²) in [6, 6.07) is 3.49. The fraction of sp³-hybridized carbons (Fsp3) is 0.571. The van der Waals surface area contributed by atoms with Gasteiger partial charge >= 0.3 is 0 Å². The molecule has 110 valence electrons. The smallest absolute Gasteiger partial charge is 0.273 e. The number of hydrogen-bond donors (Lipinski definition) is 1. The van der Waals surface area contributed by atoms with Crippen LogP contribution in [-0.2, 0) is 0 Å². The van der Waals surface area contributed by atoms with E-state index in [2.05, 4.69) is 27.8 Å². The molecule has 1 aliphatic rings. The van der Waals surface area contributed by atoms with Crippen molar-refractivity contribution in [2.24, 2.45) is 17.6 Å². The van der Waals surface area contributed by atoms with Gasteiger partial charge in [0.1, 0.15) is 0 Å². The van der Waals surface area contributed by atoms with E-state index in [0.29, 0.717) is 23.9 Å². The standard InChI is InChI=1S/C14H20BrN3O2/c1-9-3-4-17(8-11(9)7-16)14-5-10(2)13(18(19)20)6-12(14)15/h5-6,9,11H,3-4,7-8,16H2,1-2H3. The molecule has 1 fully saturated rings. The topological polar surface area (TPSA) is 72.4 Å². The molecule has 20 heavy (non-hydrogen) atoms. The van der Waals surface area contributed by atoms with Gasteiger partial charge in [-0.25, -0.2) is 0 Å². The number of halogens is 1. The van der Waals surface area contributed by atoms with Crippen molar-refractivity contribution in [3.8, 4) is 0 Å². The van der Waals surface area contributed by atoms with Gasteiger partial charge in [-0.3, -0.25) is 10.1 Å². The van der Waals surface area contributed by atoms with Crippen LogP contribution in [0.2, 0.25) is 0 Å². The van der Waals surface area contributed by atoms with Crippen LogP contribution in [0.3, 0.4) is 0 Å². The highest BCUT2D eigenvalue weighted by Gasteiger charge is 2.27. The molecular weight excluding hydrogens is 322 g/mol. The number of anilines is 1. The van der Waals surface area contributed by atoms with Gasteiger partial charge in [-0.1, -0.05) is 6.92 Å². The molecule has 5 nitrogen and oxygen atoms in total. The van der Waals surface area contributed by atoms with Gasteiger partial charge in [0.25, 0.3) is 5.69 Å². The van der Waals surface area contributed by atoms with Gasteiger partial charge in [0.2, 0.25) is 0 Å². The van der Waals surface area contributed by atoms with Crippen molar-refractivity contribution in [2.45, 2.75) is 20.3 Å². The molecule has 0 radical (unpaired) electrons. The van der Waals surface area contributed by atoms with E-state index in [4.69, 9.17) is 5.73 Å². The zero-order valence-electron chi connectivity index (χ0n) is 11.8. The van der Waals surface area contributed by atoms with E-state index in [1.165, 1.54) is 0 Å². The first-order valence-corrected chi connectivity index (χ1v) is 7.63. The number of nitrogens with two attached hydrogens (primary N) is 1. The van der Waals surface area contributed by atoms with Crippen molar-refractivity contribution >= 4 is 27.3 Å². The Balaban J connectivity index is 2.29. The number of nitrogens with zero attached hydrogens (tertiary/aromatic N) is 2. The minimum Gasteiger partial charge on any atom is -0.370 e. The summed E-state index contributed by atoms with van der Waals surface area (Å²) < 4.78 is 0.778. The molecule has 1 aliphatic heterocycles. The molecule has 2 atom stereocenters. The number of nitro benzene ring substituents is 1. The summed E-state index contributed by atoms with van der Waals surface area (Å²) in [5, 5.41) is 11.0.